The first-order chi connectivity index (χ1) is 14.0. The minimum atomic E-state index is -3.62. The Labute approximate surface area is 174 Å². The fraction of sp³-hybridized carbons (Fsp3) is 0.273. The Bertz CT molecular complexity index is 1280. The van der Waals surface area contributed by atoms with E-state index in [1.165, 1.54) is 0 Å². The van der Waals surface area contributed by atoms with Crippen LogP contribution in [0.2, 0.25) is 0 Å². The van der Waals surface area contributed by atoms with Gasteiger partial charge in [-0.25, -0.2) is 13.4 Å². The Morgan fingerprint density at radius 3 is 2.86 bits per heavy atom. The molecule has 0 bridgehead atoms. The van der Waals surface area contributed by atoms with Crippen molar-refractivity contribution in [1.29, 1.82) is 0 Å². The largest absolute Gasteiger partial charge is 0.255 e. The van der Waals surface area contributed by atoms with Gasteiger partial charge in [0.1, 0.15) is 4.90 Å². The normalized spacial score (nSPS) is 18.4. The third-order valence-electron chi connectivity index (χ3n) is 5.47. The predicted octanol–water partition coefficient (Wildman–Crippen LogP) is 4.72. The zero-order valence-electron chi connectivity index (χ0n) is 16.1. The minimum absolute atomic E-state index is 0.126. The van der Waals surface area contributed by atoms with Crippen LogP contribution >= 0.6 is 11.3 Å². The van der Waals surface area contributed by atoms with Gasteiger partial charge in [0, 0.05) is 30.6 Å². The maximum absolute atomic E-state index is 13.5. The molecule has 1 aliphatic rings. The maximum atomic E-state index is 13.5. The first-order valence-electron chi connectivity index (χ1n) is 9.73. The summed E-state index contributed by atoms with van der Waals surface area (Å²) in [5.41, 5.74) is 2.54. The molecule has 1 aliphatic heterocycles. The number of pyridine rings is 1. The van der Waals surface area contributed by atoms with Gasteiger partial charge in [-0.15, -0.1) is 11.3 Å². The van der Waals surface area contributed by atoms with E-state index in [9.17, 15) is 8.42 Å². The maximum Gasteiger partial charge on any atom is 0.245 e. The summed E-state index contributed by atoms with van der Waals surface area (Å²) in [5.74, 6) is 0.126. The van der Waals surface area contributed by atoms with E-state index in [-0.39, 0.29) is 5.92 Å². The van der Waals surface area contributed by atoms with E-state index in [2.05, 4.69) is 11.1 Å². The Kier molecular flexibility index (Phi) is 4.61. The number of aromatic nitrogens is 2. The van der Waals surface area contributed by atoms with Gasteiger partial charge >= 0.3 is 0 Å². The van der Waals surface area contributed by atoms with Crippen LogP contribution in [0.3, 0.4) is 0 Å². The second-order valence-electron chi connectivity index (χ2n) is 7.56. The van der Waals surface area contributed by atoms with Gasteiger partial charge in [-0.1, -0.05) is 24.3 Å². The topological polar surface area (TPSA) is 63.2 Å². The summed E-state index contributed by atoms with van der Waals surface area (Å²) in [4.78, 5) is 9.49. The molecule has 0 unspecified atom stereocenters. The van der Waals surface area contributed by atoms with E-state index in [0.717, 1.165) is 39.0 Å². The molecule has 2 aromatic heterocycles. The molecule has 5 rings (SSSR count). The molecule has 1 fully saturated rings. The van der Waals surface area contributed by atoms with Crippen LogP contribution in [-0.2, 0) is 10.0 Å². The van der Waals surface area contributed by atoms with Crippen LogP contribution in [0.15, 0.2) is 59.6 Å². The molecule has 0 radical (unpaired) electrons. The zero-order chi connectivity index (χ0) is 20.0. The lowest BCUT2D eigenvalue weighted by atomic mass is 10.0. The first kappa shape index (κ1) is 18.7. The van der Waals surface area contributed by atoms with Crippen molar-refractivity contribution in [2.45, 2.75) is 30.6 Å². The molecule has 1 saturated heterocycles. The Balaban J connectivity index is 1.50. The number of thiazole rings is 1. The van der Waals surface area contributed by atoms with Gasteiger partial charge < -0.3 is 0 Å². The van der Waals surface area contributed by atoms with Crippen molar-refractivity contribution < 1.29 is 8.42 Å². The molecule has 0 N–H and O–H groups in total. The average Bonchev–Trinajstić information content (AvgIpc) is 3.17. The van der Waals surface area contributed by atoms with E-state index in [4.69, 9.17) is 4.98 Å². The van der Waals surface area contributed by atoms with E-state index in [1.54, 1.807) is 34.0 Å². The van der Waals surface area contributed by atoms with Crippen molar-refractivity contribution >= 4 is 42.5 Å². The van der Waals surface area contributed by atoms with Gasteiger partial charge in [0.05, 0.1) is 20.7 Å². The van der Waals surface area contributed by atoms with Crippen LogP contribution in [0.4, 0.5) is 0 Å². The monoisotopic (exact) mass is 423 g/mol. The number of rotatable bonds is 3. The summed E-state index contributed by atoms with van der Waals surface area (Å²) in [6.07, 6.45) is 3.51. The standard InChI is InChI=1S/C22H21N3O2S2/c1-15-12-16-6-4-10-20(21(16)23-13-15)29(26,27)25-11-5-7-17(14-25)22-24-18-8-2-3-9-19(18)28-22/h2-4,6,8-10,12-13,17H,5,7,11,14H2,1H3/t17-/m0/s1. The number of aryl methyl sites for hydroxylation is 1. The number of hydrogen-bond donors (Lipinski definition) is 0. The molecule has 148 valence electrons. The zero-order valence-corrected chi connectivity index (χ0v) is 17.7. The van der Waals surface area contributed by atoms with Crippen LogP contribution in [0.5, 0.6) is 0 Å². The highest BCUT2D eigenvalue weighted by molar-refractivity contribution is 7.89. The molecule has 7 heteroatoms. The van der Waals surface area contributed by atoms with Gasteiger partial charge in [-0.3, -0.25) is 4.98 Å². The van der Waals surface area contributed by atoms with Crippen molar-refractivity contribution in [2.75, 3.05) is 13.1 Å². The molecule has 0 saturated carbocycles. The predicted molar refractivity (Wildman–Crippen MR) is 117 cm³/mol. The fourth-order valence-corrected chi connectivity index (χ4v) is 6.80. The molecule has 2 aromatic carbocycles. The van der Waals surface area contributed by atoms with Crippen LogP contribution in [0.1, 0.15) is 29.3 Å². The van der Waals surface area contributed by atoms with Gasteiger partial charge in [0.15, 0.2) is 0 Å². The summed E-state index contributed by atoms with van der Waals surface area (Å²) < 4.78 is 29.8. The van der Waals surface area contributed by atoms with Gasteiger partial charge in [0.25, 0.3) is 0 Å². The molecule has 0 spiro atoms. The summed E-state index contributed by atoms with van der Waals surface area (Å²) in [6.45, 7) is 2.96. The lowest BCUT2D eigenvalue weighted by Gasteiger charge is -2.31. The molecule has 5 nitrogen and oxygen atoms in total. The highest BCUT2D eigenvalue weighted by Gasteiger charge is 2.33. The van der Waals surface area contributed by atoms with Crippen LogP contribution < -0.4 is 0 Å². The molecule has 3 heterocycles. The van der Waals surface area contributed by atoms with Crippen molar-refractivity contribution in [3.63, 3.8) is 0 Å². The van der Waals surface area contributed by atoms with Gasteiger partial charge in [-0.05, 0) is 49.6 Å². The molecule has 0 aliphatic carbocycles. The average molecular weight is 424 g/mol. The smallest absolute Gasteiger partial charge is 0.245 e. The molecular formula is C22H21N3O2S2. The summed E-state index contributed by atoms with van der Waals surface area (Å²) >= 11 is 1.67. The molecule has 29 heavy (non-hydrogen) atoms. The van der Waals surface area contributed by atoms with E-state index < -0.39 is 10.0 Å². The van der Waals surface area contributed by atoms with Crippen LogP contribution in [0.25, 0.3) is 21.1 Å². The Hall–Kier alpha value is -2.35. The highest BCUT2D eigenvalue weighted by Crippen LogP contribution is 2.35. The fourth-order valence-electron chi connectivity index (χ4n) is 4.02. The quantitative estimate of drug-likeness (QED) is 0.478. The first-order valence-corrected chi connectivity index (χ1v) is 12.0. The van der Waals surface area contributed by atoms with E-state index >= 15 is 0 Å². The number of para-hydroxylation sites is 2. The van der Waals surface area contributed by atoms with Crippen LogP contribution in [0, 0.1) is 6.92 Å². The molecule has 0 amide bonds. The lowest BCUT2D eigenvalue weighted by Crippen LogP contribution is -2.39. The number of fused-ring (bicyclic) bond motifs is 2. The van der Waals surface area contributed by atoms with Gasteiger partial charge in [0.2, 0.25) is 10.0 Å². The minimum Gasteiger partial charge on any atom is -0.255 e. The number of nitrogens with zero attached hydrogens (tertiary/aromatic N) is 3. The molecule has 1 atom stereocenters. The third kappa shape index (κ3) is 3.33. The Morgan fingerprint density at radius 1 is 1.14 bits per heavy atom. The molecule has 4 aromatic rings. The summed E-state index contributed by atoms with van der Waals surface area (Å²) in [5, 5.41) is 1.88. The number of piperidine rings is 1. The second kappa shape index (κ2) is 7.16. The number of hydrogen-bond acceptors (Lipinski definition) is 5. The lowest BCUT2D eigenvalue weighted by molar-refractivity contribution is 0.315. The number of benzene rings is 2. The van der Waals surface area contributed by atoms with Crippen molar-refractivity contribution in [1.82, 2.24) is 14.3 Å². The third-order valence-corrected chi connectivity index (χ3v) is 8.57. The van der Waals surface area contributed by atoms with E-state index in [0.29, 0.717) is 23.5 Å². The SMILES string of the molecule is Cc1cnc2c(S(=O)(=O)N3CCC[C@H](c4nc5ccccc5s4)C3)cccc2c1. The second-order valence-corrected chi connectivity index (χ2v) is 10.5. The summed E-state index contributed by atoms with van der Waals surface area (Å²) in [7, 11) is -3.62. The summed E-state index contributed by atoms with van der Waals surface area (Å²) in [6, 6.07) is 15.4. The van der Waals surface area contributed by atoms with Crippen LogP contribution in [-0.4, -0.2) is 35.8 Å². The van der Waals surface area contributed by atoms with Crippen molar-refractivity contribution in [3.05, 3.63) is 65.3 Å². The van der Waals surface area contributed by atoms with Crippen molar-refractivity contribution in [3.8, 4) is 0 Å². The Morgan fingerprint density at radius 2 is 2.00 bits per heavy atom. The number of sulfonamides is 1. The van der Waals surface area contributed by atoms with Gasteiger partial charge in [-0.2, -0.15) is 4.31 Å². The van der Waals surface area contributed by atoms with Crippen molar-refractivity contribution in [2.24, 2.45) is 0 Å². The highest BCUT2D eigenvalue weighted by atomic mass is 32.2. The van der Waals surface area contributed by atoms with E-state index in [1.807, 2.05) is 37.3 Å². The molecular weight excluding hydrogens is 402 g/mol.